The highest BCUT2D eigenvalue weighted by molar-refractivity contribution is 7.99. The number of aromatic nitrogens is 2. The van der Waals surface area contributed by atoms with E-state index in [2.05, 4.69) is 5.10 Å². The van der Waals surface area contributed by atoms with Gasteiger partial charge in [-0.2, -0.15) is 0 Å². The lowest BCUT2D eigenvalue weighted by Gasteiger charge is -2.00. The molecule has 0 atom stereocenters. The first-order chi connectivity index (χ1) is 10.1. The molecule has 0 unspecified atom stereocenters. The predicted molar refractivity (Wildman–Crippen MR) is 86.7 cm³/mol. The first kappa shape index (κ1) is 14.0. The quantitative estimate of drug-likeness (QED) is 0.783. The summed E-state index contributed by atoms with van der Waals surface area (Å²) in [6.45, 7) is 1.90. The van der Waals surface area contributed by atoms with Crippen molar-refractivity contribution in [3.8, 4) is 5.69 Å². The molecule has 0 fully saturated rings. The molecule has 0 aliphatic rings. The molecule has 1 aromatic heterocycles. The van der Waals surface area contributed by atoms with Gasteiger partial charge in [-0.3, -0.25) is 9.89 Å². The lowest BCUT2D eigenvalue weighted by atomic mass is 10.3. The van der Waals surface area contributed by atoms with Crippen LogP contribution in [0.15, 0.2) is 69.2 Å². The number of rotatable bonds is 3. The van der Waals surface area contributed by atoms with Gasteiger partial charge in [0.05, 0.1) is 10.6 Å². The average Bonchev–Trinajstić information content (AvgIpc) is 2.77. The number of aromatic amines is 1. The average molecular weight is 317 g/mol. The maximum atomic E-state index is 12.6. The number of nitrogens with zero attached hydrogens (tertiary/aromatic N) is 1. The Morgan fingerprint density at radius 2 is 1.71 bits per heavy atom. The minimum absolute atomic E-state index is 0.0522. The Morgan fingerprint density at radius 3 is 2.38 bits per heavy atom. The predicted octanol–water partition coefficient (Wildman–Crippen LogP) is 4.28. The summed E-state index contributed by atoms with van der Waals surface area (Å²) in [5, 5.41) is 3.76. The molecule has 0 amide bonds. The third-order valence-electron chi connectivity index (χ3n) is 3.07. The second-order valence-corrected chi connectivity index (χ2v) is 6.12. The van der Waals surface area contributed by atoms with E-state index in [9.17, 15) is 4.79 Å². The van der Waals surface area contributed by atoms with Crippen LogP contribution in [0.25, 0.3) is 5.69 Å². The molecular formula is C16H13ClN2OS. The van der Waals surface area contributed by atoms with Crippen LogP contribution in [0.1, 0.15) is 5.69 Å². The van der Waals surface area contributed by atoms with Crippen molar-refractivity contribution in [2.45, 2.75) is 16.7 Å². The van der Waals surface area contributed by atoms with Crippen LogP contribution in [0.3, 0.4) is 0 Å². The van der Waals surface area contributed by atoms with Crippen LogP contribution < -0.4 is 5.56 Å². The Bertz CT molecular complexity index is 807. The Balaban J connectivity index is 2.01. The van der Waals surface area contributed by atoms with Crippen molar-refractivity contribution >= 4 is 23.4 Å². The first-order valence-electron chi connectivity index (χ1n) is 6.45. The van der Waals surface area contributed by atoms with Crippen LogP contribution in [0, 0.1) is 6.92 Å². The molecule has 2 aromatic carbocycles. The summed E-state index contributed by atoms with van der Waals surface area (Å²) in [4.78, 5) is 14.3. The van der Waals surface area contributed by atoms with E-state index in [0.717, 1.165) is 16.3 Å². The second-order valence-electron chi connectivity index (χ2n) is 4.60. The Morgan fingerprint density at radius 1 is 1.05 bits per heavy atom. The molecule has 0 saturated carbocycles. The van der Waals surface area contributed by atoms with Crippen LogP contribution in [0.4, 0.5) is 0 Å². The van der Waals surface area contributed by atoms with Crippen molar-refractivity contribution in [3.05, 3.63) is 75.7 Å². The lowest BCUT2D eigenvalue weighted by molar-refractivity contribution is 0.834. The summed E-state index contributed by atoms with van der Waals surface area (Å²) in [7, 11) is 0. The Hall–Kier alpha value is -1.91. The van der Waals surface area contributed by atoms with Crippen molar-refractivity contribution in [3.63, 3.8) is 0 Å². The smallest absolute Gasteiger partial charge is 0.285 e. The molecule has 3 nitrogen and oxygen atoms in total. The second kappa shape index (κ2) is 5.84. The molecule has 21 heavy (non-hydrogen) atoms. The maximum absolute atomic E-state index is 12.6. The number of benzene rings is 2. The molecule has 3 rings (SSSR count). The summed E-state index contributed by atoms with van der Waals surface area (Å²) in [6, 6.07) is 17.0. The van der Waals surface area contributed by atoms with Gasteiger partial charge in [0.1, 0.15) is 0 Å². The van der Waals surface area contributed by atoms with Gasteiger partial charge in [0.2, 0.25) is 0 Å². The number of hydrogen-bond donors (Lipinski definition) is 1. The largest absolute Gasteiger partial charge is 0.294 e. The lowest BCUT2D eigenvalue weighted by Crippen LogP contribution is -2.15. The van der Waals surface area contributed by atoms with Crippen molar-refractivity contribution in [1.29, 1.82) is 0 Å². The molecule has 0 aliphatic carbocycles. The minimum atomic E-state index is -0.0522. The van der Waals surface area contributed by atoms with Gasteiger partial charge < -0.3 is 0 Å². The van der Waals surface area contributed by atoms with Crippen LogP contribution in [-0.2, 0) is 0 Å². The topological polar surface area (TPSA) is 37.8 Å². The third-order valence-corrected chi connectivity index (χ3v) is 4.51. The van der Waals surface area contributed by atoms with Crippen molar-refractivity contribution in [1.82, 2.24) is 9.78 Å². The minimum Gasteiger partial charge on any atom is -0.294 e. The van der Waals surface area contributed by atoms with E-state index >= 15 is 0 Å². The zero-order valence-electron chi connectivity index (χ0n) is 11.3. The van der Waals surface area contributed by atoms with Gasteiger partial charge in [0, 0.05) is 15.6 Å². The molecule has 0 aliphatic heterocycles. The summed E-state index contributed by atoms with van der Waals surface area (Å²) in [5.41, 5.74) is 1.57. The molecule has 0 spiro atoms. The number of hydrogen-bond acceptors (Lipinski definition) is 2. The molecule has 106 valence electrons. The highest BCUT2D eigenvalue weighted by Crippen LogP contribution is 2.27. The summed E-state index contributed by atoms with van der Waals surface area (Å²) >= 11 is 7.35. The molecule has 5 heteroatoms. The fourth-order valence-electron chi connectivity index (χ4n) is 2.03. The fraction of sp³-hybridized carbons (Fsp3) is 0.0625. The zero-order chi connectivity index (χ0) is 14.8. The number of aryl methyl sites for hydroxylation is 1. The first-order valence-corrected chi connectivity index (χ1v) is 7.65. The van der Waals surface area contributed by atoms with Crippen molar-refractivity contribution < 1.29 is 0 Å². The fourth-order valence-corrected chi connectivity index (χ4v) is 3.06. The standard InChI is InChI=1S/C16H13ClN2OS/c1-11-15(21-14-5-3-2-4-6-14)16(20)19(18-11)13-9-7-12(17)8-10-13/h2-10,18H,1H3. The molecule has 0 bridgehead atoms. The van der Waals surface area contributed by atoms with Gasteiger partial charge in [-0.15, -0.1) is 0 Å². The molecule has 1 N–H and O–H groups in total. The van der Waals surface area contributed by atoms with Crippen molar-refractivity contribution in [2.24, 2.45) is 0 Å². The normalized spacial score (nSPS) is 10.8. The molecule has 1 heterocycles. The zero-order valence-corrected chi connectivity index (χ0v) is 12.9. The van der Waals surface area contributed by atoms with Crippen molar-refractivity contribution in [2.75, 3.05) is 0 Å². The van der Waals surface area contributed by atoms with Gasteiger partial charge >= 0.3 is 0 Å². The number of H-pyrrole nitrogens is 1. The summed E-state index contributed by atoms with van der Waals surface area (Å²) in [6.07, 6.45) is 0. The van der Waals surface area contributed by atoms with Gasteiger partial charge in [-0.1, -0.05) is 41.6 Å². The Labute approximate surface area is 131 Å². The Kier molecular flexibility index (Phi) is 3.90. The molecule has 3 aromatic rings. The highest BCUT2D eigenvalue weighted by atomic mass is 35.5. The summed E-state index contributed by atoms with van der Waals surface area (Å²) in [5.74, 6) is 0. The number of nitrogens with one attached hydrogen (secondary N) is 1. The van der Waals surface area contributed by atoms with E-state index < -0.39 is 0 Å². The van der Waals surface area contributed by atoms with Gasteiger partial charge in [0.15, 0.2) is 0 Å². The van der Waals surface area contributed by atoms with E-state index in [4.69, 9.17) is 11.6 Å². The molecule has 0 saturated heterocycles. The van der Waals surface area contributed by atoms with E-state index in [1.165, 1.54) is 16.4 Å². The number of halogens is 1. The van der Waals surface area contributed by atoms with Crippen LogP contribution >= 0.6 is 23.4 Å². The summed E-state index contributed by atoms with van der Waals surface area (Å²) < 4.78 is 1.54. The van der Waals surface area contributed by atoms with E-state index in [-0.39, 0.29) is 5.56 Å². The SMILES string of the molecule is Cc1[nH]n(-c2ccc(Cl)cc2)c(=O)c1Sc1ccccc1. The molecule has 0 radical (unpaired) electrons. The monoisotopic (exact) mass is 316 g/mol. The maximum Gasteiger partial charge on any atom is 0.285 e. The third kappa shape index (κ3) is 2.91. The van der Waals surface area contributed by atoms with Crippen LogP contribution in [0.5, 0.6) is 0 Å². The molecular weight excluding hydrogens is 304 g/mol. The van der Waals surface area contributed by atoms with Crippen LogP contribution in [0.2, 0.25) is 5.02 Å². The highest BCUT2D eigenvalue weighted by Gasteiger charge is 2.13. The van der Waals surface area contributed by atoms with Gasteiger partial charge in [-0.05, 0) is 43.3 Å². The van der Waals surface area contributed by atoms with E-state index in [1.54, 1.807) is 12.1 Å². The van der Waals surface area contributed by atoms with Gasteiger partial charge in [0.25, 0.3) is 5.56 Å². The van der Waals surface area contributed by atoms with E-state index in [1.807, 2.05) is 49.4 Å². The van der Waals surface area contributed by atoms with Gasteiger partial charge in [-0.25, -0.2) is 4.68 Å². The van der Waals surface area contributed by atoms with E-state index in [0.29, 0.717) is 9.92 Å². The van der Waals surface area contributed by atoms with Crippen LogP contribution in [-0.4, -0.2) is 9.78 Å².